The number of anilines is 2. The van der Waals surface area contributed by atoms with Crippen molar-refractivity contribution in [1.82, 2.24) is 9.88 Å². The minimum absolute atomic E-state index is 0.0251. The van der Waals surface area contributed by atoms with Crippen LogP contribution in [0.4, 0.5) is 11.5 Å². The minimum atomic E-state index is -0.965. The number of hydrogen-bond acceptors (Lipinski definition) is 4. The Morgan fingerprint density at radius 2 is 1.73 bits per heavy atom. The van der Waals surface area contributed by atoms with Crippen molar-refractivity contribution in [3.05, 3.63) is 64.8 Å². The number of rotatable bonds is 4. The molecule has 1 amide bonds. The summed E-state index contributed by atoms with van der Waals surface area (Å²) in [6.45, 7) is 5.34. The molecule has 0 radical (unpaired) electrons. The molecule has 0 atom stereocenters. The van der Waals surface area contributed by atoms with Crippen LogP contribution >= 0.6 is 0 Å². The highest BCUT2D eigenvalue weighted by molar-refractivity contribution is 6.11. The van der Waals surface area contributed by atoms with E-state index in [4.69, 9.17) is 0 Å². The van der Waals surface area contributed by atoms with E-state index in [1.54, 1.807) is 25.3 Å². The molecule has 1 aromatic heterocycles. The fourth-order valence-electron chi connectivity index (χ4n) is 4.15. The van der Waals surface area contributed by atoms with Crippen LogP contribution in [0.15, 0.2) is 42.6 Å². The van der Waals surface area contributed by atoms with E-state index in [-0.39, 0.29) is 11.5 Å². The zero-order valence-electron chi connectivity index (χ0n) is 17.2. The Balaban J connectivity index is 1.78. The Morgan fingerprint density at radius 1 is 1.00 bits per heavy atom. The largest absolute Gasteiger partial charge is 0.478 e. The first kappa shape index (κ1) is 19.9. The van der Waals surface area contributed by atoms with Gasteiger partial charge in [0.2, 0.25) is 0 Å². The third-order valence-electron chi connectivity index (χ3n) is 5.81. The summed E-state index contributed by atoms with van der Waals surface area (Å²) in [4.78, 5) is 31.2. The molecule has 0 aliphatic carbocycles. The van der Waals surface area contributed by atoms with Crippen molar-refractivity contribution in [2.45, 2.75) is 33.1 Å². The molecule has 2 aromatic carbocycles. The van der Waals surface area contributed by atoms with Gasteiger partial charge in [-0.2, -0.15) is 0 Å². The van der Waals surface area contributed by atoms with Crippen LogP contribution in [0, 0.1) is 13.8 Å². The summed E-state index contributed by atoms with van der Waals surface area (Å²) in [5, 5.41) is 14.4. The molecule has 4 rings (SSSR count). The van der Waals surface area contributed by atoms with Gasteiger partial charge in [-0.25, -0.2) is 9.78 Å². The first-order valence-electron chi connectivity index (χ1n) is 10.2. The number of amides is 1. The number of carboxylic acid groups (broad SMARTS) is 1. The maximum atomic E-state index is 13.2. The topological polar surface area (TPSA) is 82.5 Å². The second-order valence-corrected chi connectivity index (χ2v) is 7.78. The fourth-order valence-corrected chi connectivity index (χ4v) is 4.15. The fraction of sp³-hybridized carbons (Fsp3) is 0.292. The predicted octanol–water partition coefficient (Wildman–Crippen LogP) is 4.92. The van der Waals surface area contributed by atoms with Crippen LogP contribution < -0.4 is 5.32 Å². The highest BCUT2D eigenvalue weighted by Gasteiger charge is 2.22. The lowest BCUT2D eigenvalue weighted by molar-refractivity contribution is 0.0693. The molecule has 154 valence electrons. The number of hydrogen-bond donors (Lipinski definition) is 2. The highest BCUT2D eigenvalue weighted by atomic mass is 16.4. The van der Waals surface area contributed by atoms with Gasteiger partial charge < -0.3 is 15.3 Å². The molecule has 1 saturated heterocycles. The lowest BCUT2D eigenvalue weighted by Gasteiger charge is -2.27. The van der Waals surface area contributed by atoms with Crippen molar-refractivity contribution < 1.29 is 14.7 Å². The van der Waals surface area contributed by atoms with Crippen LogP contribution in [0.2, 0.25) is 0 Å². The molecule has 3 aromatic rings. The summed E-state index contributed by atoms with van der Waals surface area (Å²) in [5.74, 6) is -0.334. The lowest BCUT2D eigenvalue weighted by Crippen LogP contribution is -2.35. The summed E-state index contributed by atoms with van der Waals surface area (Å²) in [7, 11) is 0. The van der Waals surface area contributed by atoms with Gasteiger partial charge in [-0.1, -0.05) is 24.3 Å². The normalized spacial score (nSPS) is 14.0. The number of likely N-dealkylation sites (tertiary alicyclic amines) is 1. The third kappa shape index (κ3) is 3.61. The smallest absolute Gasteiger partial charge is 0.336 e. The van der Waals surface area contributed by atoms with Gasteiger partial charge in [0.05, 0.1) is 11.1 Å². The average Bonchev–Trinajstić information content (AvgIpc) is 2.75. The van der Waals surface area contributed by atoms with Crippen molar-refractivity contribution in [1.29, 1.82) is 0 Å². The van der Waals surface area contributed by atoms with Crippen molar-refractivity contribution in [2.75, 3.05) is 18.4 Å². The predicted molar refractivity (Wildman–Crippen MR) is 118 cm³/mol. The summed E-state index contributed by atoms with van der Waals surface area (Å²) in [6.07, 6.45) is 4.88. The number of carbonyl (C=O) groups is 2. The number of aromatic carboxylic acids is 1. The number of piperidine rings is 1. The molecule has 0 spiro atoms. The number of pyridine rings is 1. The van der Waals surface area contributed by atoms with E-state index >= 15 is 0 Å². The number of carbonyl (C=O) groups excluding carboxylic acids is 1. The van der Waals surface area contributed by atoms with Gasteiger partial charge in [-0.15, -0.1) is 0 Å². The Bertz CT molecular complexity index is 1130. The third-order valence-corrected chi connectivity index (χ3v) is 5.81. The van der Waals surface area contributed by atoms with Gasteiger partial charge in [0.1, 0.15) is 5.82 Å². The first-order valence-corrected chi connectivity index (χ1v) is 10.2. The number of aromatic nitrogens is 1. The zero-order chi connectivity index (χ0) is 21.3. The van der Waals surface area contributed by atoms with E-state index in [1.807, 2.05) is 36.1 Å². The van der Waals surface area contributed by atoms with Crippen molar-refractivity contribution >= 4 is 34.2 Å². The van der Waals surface area contributed by atoms with E-state index in [1.165, 1.54) is 6.42 Å². The van der Waals surface area contributed by atoms with E-state index in [9.17, 15) is 14.7 Å². The molecule has 1 aliphatic rings. The van der Waals surface area contributed by atoms with Gasteiger partial charge in [0.25, 0.3) is 5.91 Å². The molecule has 0 saturated carbocycles. The number of benzene rings is 2. The standard InChI is InChI=1S/C24H25N3O3/c1-15-8-6-10-18-21(15)19(23(28)27-12-4-3-5-13-27)14-25-22(18)26-20-11-7-9-17(16(20)2)24(29)30/h6-11,14H,3-5,12-13H2,1-2H3,(H,25,26)(H,29,30). The number of nitrogens with one attached hydrogen (secondary N) is 1. The number of nitrogens with zero attached hydrogens (tertiary/aromatic N) is 2. The summed E-state index contributed by atoms with van der Waals surface area (Å²) >= 11 is 0. The van der Waals surface area contributed by atoms with Gasteiger partial charge in [0.15, 0.2) is 0 Å². The van der Waals surface area contributed by atoms with Gasteiger partial charge in [-0.05, 0) is 56.4 Å². The van der Waals surface area contributed by atoms with Crippen LogP contribution in [-0.4, -0.2) is 40.0 Å². The Kier molecular flexibility index (Phi) is 5.40. The summed E-state index contributed by atoms with van der Waals surface area (Å²) in [6, 6.07) is 11.0. The molecule has 30 heavy (non-hydrogen) atoms. The summed E-state index contributed by atoms with van der Waals surface area (Å²) in [5.41, 5.74) is 3.19. The molecule has 6 heteroatoms. The number of aryl methyl sites for hydroxylation is 1. The second-order valence-electron chi connectivity index (χ2n) is 7.78. The van der Waals surface area contributed by atoms with Crippen LogP contribution in [0.3, 0.4) is 0 Å². The SMILES string of the molecule is Cc1c(Nc2ncc(C(=O)N3CCCCC3)c3c(C)cccc23)cccc1C(=O)O. The minimum Gasteiger partial charge on any atom is -0.478 e. The number of fused-ring (bicyclic) bond motifs is 1. The van der Waals surface area contributed by atoms with Crippen molar-refractivity contribution in [3.63, 3.8) is 0 Å². The van der Waals surface area contributed by atoms with E-state index in [0.29, 0.717) is 22.6 Å². The molecule has 6 nitrogen and oxygen atoms in total. The Morgan fingerprint density at radius 3 is 2.47 bits per heavy atom. The van der Waals surface area contributed by atoms with Gasteiger partial charge in [-0.3, -0.25) is 4.79 Å². The molecular formula is C24H25N3O3. The monoisotopic (exact) mass is 403 g/mol. The maximum Gasteiger partial charge on any atom is 0.336 e. The van der Waals surface area contributed by atoms with Gasteiger partial charge in [0, 0.05) is 35.7 Å². The molecule has 1 aliphatic heterocycles. The maximum absolute atomic E-state index is 13.2. The van der Waals surface area contributed by atoms with Crippen molar-refractivity contribution in [2.24, 2.45) is 0 Å². The molecule has 2 N–H and O–H groups in total. The summed E-state index contributed by atoms with van der Waals surface area (Å²) < 4.78 is 0. The lowest BCUT2D eigenvalue weighted by atomic mass is 10.00. The van der Waals surface area contributed by atoms with Gasteiger partial charge >= 0.3 is 5.97 Å². The molecular weight excluding hydrogens is 378 g/mol. The zero-order valence-corrected chi connectivity index (χ0v) is 17.2. The highest BCUT2D eigenvalue weighted by Crippen LogP contribution is 2.32. The van der Waals surface area contributed by atoms with E-state index < -0.39 is 5.97 Å². The second kappa shape index (κ2) is 8.14. The average molecular weight is 403 g/mol. The molecule has 0 unspecified atom stereocenters. The quantitative estimate of drug-likeness (QED) is 0.646. The molecule has 0 bridgehead atoms. The van der Waals surface area contributed by atoms with Crippen LogP contribution in [-0.2, 0) is 0 Å². The number of carboxylic acids is 1. The molecule has 1 fully saturated rings. The molecule has 2 heterocycles. The van der Waals surface area contributed by atoms with E-state index in [2.05, 4.69) is 10.3 Å². The Hall–Kier alpha value is -3.41. The first-order chi connectivity index (χ1) is 14.5. The Labute approximate surface area is 175 Å². The van der Waals surface area contributed by atoms with Crippen LogP contribution in [0.1, 0.15) is 51.1 Å². The van der Waals surface area contributed by atoms with E-state index in [0.717, 1.165) is 42.3 Å². The van der Waals surface area contributed by atoms with Crippen molar-refractivity contribution in [3.8, 4) is 0 Å². The van der Waals surface area contributed by atoms with Crippen LogP contribution in [0.25, 0.3) is 10.8 Å². The van der Waals surface area contributed by atoms with Crippen LogP contribution in [0.5, 0.6) is 0 Å².